The molecule has 0 atom stereocenters. The lowest BCUT2D eigenvalue weighted by Crippen LogP contribution is -1.97. The fourth-order valence-electron chi connectivity index (χ4n) is 2.29. The number of hydrogen-bond donors (Lipinski definition) is 1. The number of methoxy groups -OCH3 is 1. The van der Waals surface area contributed by atoms with E-state index in [-0.39, 0.29) is 0 Å². The Kier molecular flexibility index (Phi) is 4.11. The Morgan fingerprint density at radius 2 is 2.05 bits per heavy atom. The summed E-state index contributed by atoms with van der Waals surface area (Å²) in [6, 6.07) is 9.68. The average Bonchev–Trinajstić information content (AvgIpc) is 2.99. The second-order valence-electron chi connectivity index (χ2n) is 4.79. The summed E-state index contributed by atoms with van der Waals surface area (Å²) in [5, 5.41) is 1.58. The largest absolute Gasteiger partial charge is 0.497 e. The molecule has 22 heavy (non-hydrogen) atoms. The Morgan fingerprint density at radius 1 is 1.27 bits per heavy atom. The summed E-state index contributed by atoms with van der Waals surface area (Å²) in [7, 11) is 1.65. The molecule has 2 aromatic heterocycles. The molecule has 112 valence electrons. The fourth-order valence-corrected chi connectivity index (χ4v) is 2.68. The zero-order valence-electron chi connectivity index (χ0n) is 12.3. The standard InChI is InChI=1S/C16H15N3O2S/c1-21-12-5-3-10(4-6-12)7-14-13-8-11(9-20)17-15(13)19-16(18-14)22-2/h3-6,8-9H,7H2,1-2H3,(H,17,18,19). The minimum absolute atomic E-state index is 0.513. The Balaban J connectivity index is 2.03. The van der Waals surface area contributed by atoms with Crippen molar-refractivity contribution in [1.29, 1.82) is 0 Å². The number of benzene rings is 1. The normalized spacial score (nSPS) is 10.8. The maximum Gasteiger partial charge on any atom is 0.189 e. The second kappa shape index (κ2) is 6.19. The van der Waals surface area contributed by atoms with Crippen molar-refractivity contribution in [2.45, 2.75) is 11.6 Å². The molecule has 0 spiro atoms. The molecule has 0 aliphatic carbocycles. The molecule has 0 saturated heterocycles. The van der Waals surface area contributed by atoms with Gasteiger partial charge in [0.05, 0.1) is 18.5 Å². The summed E-state index contributed by atoms with van der Waals surface area (Å²) in [5.41, 5.74) is 3.24. The van der Waals surface area contributed by atoms with Crippen LogP contribution in [0.3, 0.4) is 0 Å². The summed E-state index contributed by atoms with van der Waals surface area (Å²) in [6.45, 7) is 0. The lowest BCUT2D eigenvalue weighted by molar-refractivity contribution is 0.111. The monoisotopic (exact) mass is 313 g/mol. The van der Waals surface area contributed by atoms with E-state index in [9.17, 15) is 4.79 Å². The molecule has 0 unspecified atom stereocenters. The predicted molar refractivity (Wildman–Crippen MR) is 86.9 cm³/mol. The number of aldehydes is 1. The van der Waals surface area contributed by atoms with Gasteiger partial charge in [-0.3, -0.25) is 4.79 Å². The highest BCUT2D eigenvalue weighted by Gasteiger charge is 2.11. The van der Waals surface area contributed by atoms with Crippen molar-refractivity contribution in [3.63, 3.8) is 0 Å². The number of thioether (sulfide) groups is 1. The molecule has 0 aliphatic rings. The van der Waals surface area contributed by atoms with Gasteiger partial charge in [-0.15, -0.1) is 0 Å². The Labute approximate surface area is 132 Å². The van der Waals surface area contributed by atoms with Gasteiger partial charge >= 0.3 is 0 Å². The van der Waals surface area contributed by atoms with Crippen molar-refractivity contribution in [3.05, 3.63) is 47.3 Å². The molecular weight excluding hydrogens is 298 g/mol. The van der Waals surface area contributed by atoms with Crippen LogP contribution in [0.2, 0.25) is 0 Å². The lowest BCUT2D eigenvalue weighted by Gasteiger charge is -2.06. The van der Waals surface area contributed by atoms with Crippen molar-refractivity contribution in [3.8, 4) is 5.75 Å². The molecule has 0 saturated carbocycles. The van der Waals surface area contributed by atoms with Crippen LogP contribution in [0, 0.1) is 0 Å². The molecule has 0 radical (unpaired) electrons. The first-order chi connectivity index (χ1) is 10.7. The number of fused-ring (bicyclic) bond motifs is 1. The third-order valence-electron chi connectivity index (χ3n) is 3.41. The summed E-state index contributed by atoms with van der Waals surface area (Å²) >= 11 is 1.48. The van der Waals surface area contributed by atoms with Crippen LogP contribution in [0.15, 0.2) is 35.5 Å². The molecule has 3 rings (SSSR count). The van der Waals surface area contributed by atoms with Gasteiger partial charge in [0.1, 0.15) is 11.4 Å². The first-order valence-corrected chi connectivity index (χ1v) is 7.97. The van der Waals surface area contributed by atoms with Gasteiger partial charge in [-0.1, -0.05) is 23.9 Å². The molecule has 0 fully saturated rings. The van der Waals surface area contributed by atoms with Crippen LogP contribution in [0.25, 0.3) is 11.0 Å². The third-order valence-corrected chi connectivity index (χ3v) is 3.95. The minimum atomic E-state index is 0.513. The van der Waals surface area contributed by atoms with Gasteiger partial charge in [-0.2, -0.15) is 0 Å². The lowest BCUT2D eigenvalue weighted by atomic mass is 10.1. The number of ether oxygens (including phenoxy) is 1. The van der Waals surface area contributed by atoms with Crippen LogP contribution < -0.4 is 4.74 Å². The molecule has 0 bridgehead atoms. The topological polar surface area (TPSA) is 67.9 Å². The zero-order chi connectivity index (χ0) is 15.5. The number of carbonyl (C=O) groups is 1. The molecule has 0 amide bonds. The molecule has 3 aromatic rings. The second-order valence-corrected chi connectivity index (χ2v) is 5.56. The number of H-pyrrole nitrogens is 1. The SMILES string of the molecule is COc1ccc(Cc2nc(SC)nc3[nH]c(C=O)cc23)cc1. The molecule has 1 N–H and O–H groups in total. The quantitative estimate of drug-likeness (QED) is 0.445. The van der Waals surface area contributed by atoms with Crippen LogP contribution in [-0.4, -0.2) is 34.6 Å². The number of rotatable bonds is 5. The van der Waals surface area contributed by atoms with Gasteiger partial charge < -0.3 is 9.72 Å². The summed E-state index contributed by atoms with van der Waals surface area (Å²) in [5.74, 6) is 0.825. The van der Waals surface area contributed by atoms with E-state index in [2.05, 4.69) is 15.0 Å². The van der Waals surface area contributed by atoms with Gasteiger partial charge in [0, 0.05) is 11.8 Å². The molecular formula is C16H15N3O2S. The van der Waals surface area contributed by atoms with Gasteiger partial charge in [-0.05, 0) is 30.0 Å². The highest BCUT2D eigenvalue weighted by Crippen LogP contribution is 2.23. The zero-order valence-corrected chi connectivity index (χ0v) is 13.1. The summed E-state index contributed by atoms with van der Waals surface area (Å²) in [4.78, 5) is 23.0. The van der Waals surface area contributed by atoms with Gasteiger partial charge in [-0.25, -0.2) is 9.97 Å². The van der Waals surface area contributed by atoms with Crippen molar-refractivity contribution in [1.82, 2.24) is 15.0 Å². The van der Waals surface area contributed by atoms with Crippen molar-refractivity contribution < 1.29 is 9.53 Å². The van der Waals surface area contributed by atoms with E-state index >= 15 is 0 Å². The van der Waals surface area contributed by atoms with Crippen LogP contribution in [-0.2, 0) is 6.42 Å². The van der Waals surface area contributed by atoms with E-state index in [4.69, 9.17) is 4.74 Å². The molecule has 6 heteroatoms. The summed E-state index contributed by atoms with van der Waals surface area (Å²) in [6.07, 6.45) is 3.40. The molecule has 2 heterocycles. The maximum atomic E-state index is 11.0. The van der Waals surface area contributed by atoms with Crippen molar-refractivity contribution >= 4 is 29.1 Å². The highest BCUT2D eigenvalue weighted by molar-refractivity contribution is 7.98. The predicted octanol–water partition coefficient (Wildman–Crippen LogP) is 3.09. The minimum Gasteiger partial charge on any atom is -0.497 e. The third kappa shape index (κ3) is 2.82. The fraction of sp³-hybridized carbons (Fsp3) is 0.188. The Hall–Kier alpha value is -2.34. The highest BCUT2D eigenvalue weighted by atomic mass is 32.2. The van der Waals surface area contributed by atoms with E-state index in [1.165, 1.54) is 11.8 Å². The van der Waals surface area contributed by atoms with Gasteiger partial charge in [0.25, 0.3) is 0 Å². The number of nitrogens with one attached hydrogen (secondary N) is 1. The van der Waals surface area contributed by atoms with Crippen LogP contribution >= 0.6 is 11.8 Å². The molecule has 1 aromatic carbocycles. The maximum absolute atomic E-state index is 11.0. The Morgan fingerprint density at radius 3 is 2.68 bits per heavy atom. The van der Waals surface area contributed by atoms with Gasteiger partial charge in [0.2, 0.25) is 0 Å². The van der Waals surface area contributed by atoms with Gasteiger partial charge in [0.15, 0.2) is 11.4 Å². The molecule has 5 nitrogen and oxygen atoms in total. The first-order valence-electron chi connectivity index (χ1n) is 6.75. The number of aromatic nitrogens is 3. The van der Waals surface area contributed by atoms with E-state index in [0.29, 0.717) is 22.9 Å². The average molecular weight is 313 g/mol. The van der Waals surface area contributed by atoms with E-state index in [1.54, 1.807) is 13.2 Å². The van der Waals surface area contributed by atoms with E-state index in [0.717, 1.165) is 28.7 Å². The molecule has 0 aliphatic heterocycles. The Bertz CT molecular complexity index is 812. The number of nitrogens with zero attached hydrogens (tertiary/aromatic N) is 2. The van der Waals surface area contributed by atoms with E-state index in [1.807, 2.05) is 30.5 Å². The van der Waals surface area contributed by atoms with Crippen LogP contribution in [0.1, 0.15) is 21.7 Å². The number of carbonyl (C=O) groups excluding carboxylic acids is 1. The number of aromatic amines is 1. The van der Waals surface area contributed by atoms with Crippen molar-refractivity contribution in [2.75, 3.05) is 13.4 Å². The van der Waals surface area contributed by atoms with Crippen molar-refractivity contribution in [2.24, 2.45) is 0 Å². The summed E-state index contributed by atoms with van der Waals surface area (Å²) < 4.78 is 5.17. The first kappa shape index (κ1) is 14.6. The van der Waals surface area contributed by atoms with Crippen LogP contribution in [0.4, 0.5) is 0 Å². The van der Waals surface area contributed by atoms with Crippen LogP contribution in [0.5, 0.6) is 5.75 Å². The number of hydrogen-bond acceptors (Lipinski definition) is 5. The van der Waals surface area contributed by atoms with E-state index < -0.39 is 0 Å². The smallest absolute Gasteiger partial charge is 0.189 e.